The lowest BCUT2D eigenvalue weighted by Crippen LogP contribution is -2.44. The quantitative estimate of drug-likeness (QED) is 0.647. The van der Waals surface area contributed by atoms with Gasteiger partial charge in [-0.1, -0.05) is 35.9 Å². The van der Waals surface area contributed by atoms with Gasteiger partial charge in [0.2, 0.25) is 15.9 Å². The van der Waals surface area contributed by atoms with E-state index in [1.807, 2.05) is 18.2 Å². The van der Waals surface area contributed by atoms with E-state index in [2.05, 4.69) is 16.1 Å². The number of aryl methyl sites for hydroxylation is 1. The van der Waals surface area contributed by atoms with Gasteiger partial charge < -0.3 is 10.1 Å². The molecule has 0 aromatic heterocycles. The molecule has 1 aliphatic heterocycles. The molecule has 0 bridgehead atoms. The molecular weight excluding hydrogens is 424 g/mol. The highest BCUT2D eigenvalue weighted by atomic mass is 35.5. The number of ether oxygens (including phenoxy) is 1. The zero-order valence-electron chi connectivity index (χ0n) is 17.0. The van der Waals surface area contributed by atoms with Gasteiger partial charge in [0.25, 0.3) is 0 Å². The van der Waals surface area contributed by atoms with E-state index < -0.39 is 10.0 Å². The van der Waals surface area contributed by atoms with Crippen LogP contribution in [0.3, 0.4) is 0 Å². The molecule has 1 saturated heterocycles. The van der Waals surface area contributed by atoms with Gasteiger partial charge in [0, 0.05) is 36.6 Å². The Morgan fingerprint density at radius 3 is 2.47 bits per heavy atom. The van der Waals surface area contributed by atoms with Crippen LogP contribution in [0.15, 0.2) is 53.4 Å². The number of rotatable bonds is 8. The average Bonchev–Trinajstić information content (AvgIpc) is 2.77. The van der Waals surface area contributed by atoms with E-state index in [1.165, 1.54) is 7.05 Å². The molecule has 2 N–H and O–H groups in total. The van der Waals surface area contributed by atoms with Gasteiger partial charge in [-0.25, -0.2) is 13.1 Å². The van der Waals surface area contributed by atoms with Crippen LogP contribution in [0.5, 0.6) is 0 Å². The highest BCUT2D eigenvalue weighted by molar-refractivity contribution is 7.89. The van der Waals surface area contributed by atoms with Crippen molar-refractivity contribution in [2.24, 2.45) is 0 Å². The molecule has 0 unspecified atom stereocenters. The van der Waals surface area contributed by atoms with E-state index in [4.69, 9.17) is 16.3 Å². The van der Waals surface area contributed by atoms with Crippen LogP contribution in [0, 0.1) is 0 Å². The third-order valence-electron chi connectivity index (χ3n) is 5.65. The van der Waals surface area contributed by atoms with Gasteiger partial charge in [0.15, 0.2) is 0 Å². The molecule has 162 valence electrons. The Balaban J connectivity index is 1.58. The topological polar surface area (TPSA) is 84.5 Å². The van der Waals surface area contributed by atoms with Crippen LogP contribution in [0.2, 0.25) is 5.02 Å². The summed E-state index contributed by atoms with van der Waals surface area (Å²) in [6, 6.07) is 14.4. The van der Waals surface area contributed by atoms with Crippen molar-refractivity contribution in [3.63, 3.8) is 0 Å². The fraction of sp³-hybridized carbons (Fsp3) is 0.409. The molecular formula is C22H27ClN2O4S. The predicted octanol–water partition coefficient (Wildman–Crippen LogP) is 3.05. The van der Waals surface area contributed by atoms with Crippen molar-refractivity contribution >= 4 is 27.5 Å². The summed E-state index contributed by atoms with van der Waals surface area (Å²) in [6.07, 6.45) is 2.53. The predicted molar refractivity (Wildman–Crippen MR) is 117 cm³/mol. The van der Waals surface area contributed by atoms with Crippen LogP contribution in [-0.4, -0.2) is 41.1 Å². The molecule has 0 atom stereocenters. The van der Waals surface area contributed by atoms with Gasteiger partial charge in [-0.05, 0) is 61.7 Å². The maximum atomic E-state index is 12.5. The minimum absolute atomic E-state index is 0.0326. The zero-order valence-corrected chi connectivity index (χ0v) is 18.6. The molecule has 1 aliphatic rings. The second kappa shape index (κ2) is 9.92. The second-order valence-corrected chi connectivity index (χ2v) is 9.85. The molecule has 3 rings (SSSR count). The van der Waals surface area contributed by atoms with Gasteiger partial charge >= 0.3 is 0 Å². The van der Waals surface area contributed by atoms with Crippen LogP contribution in [0.25, 0.3) is 0 Å². The minimum Gasteiger partial charge on any atom is -0.381 e. The largest absolute Gasteiger partial charge is 0.381 e. The Morgan fingerprint density at radius 1 is 1.13 bits per heavy atom. The number of sulfonamides is 1. The molecule has 2 aromatic rings. The molecule has 1 fully saturated rings. The van der Waals surface area contributed by atoms with Crippen molar-refractivity contribution in [2.75, 3.05) is 26.8 Å². The summed E-state index contributed by atoms with van der Waals surface area (Å²) >= 11 is 6.19. The summed E-state index contributed by atoms with van der Waals surface area (Å²) < 4.78 is 31.4. The number of amides is 1. The Kier molecular flexibility index (Phi) is 7.52. The van der Waals surface area contributed by atoms with Crippen molar-refractivity contribution in [1.82, 2.24) is 10.0 Å². The Labute approximate surface area is 183 Å². The third-order valence-corrected chi connectivity index (χ3v) is 7.32. The number of halogens is 1. The van der Waals surface area contributed by atoms with Crippen LogP contribution in [0.4, 0.5) is 0 Å². The smallest absolute Gasteiger partial charge is 0.240 e. The Morgan fingerprint density at radius 2 is 1.83 bits per heavy atom. The van der Waals surface area contributed by atoms with E-state index in [0.717, 1.165) is 24.0 Å². The van der Waals surface area contributed by atoms with Gasteiger partial charge in [-0.3, -0.25) is 4.79 Å². The lowest BCUT2D eigenvalue weighted by atomic mass is 9.74. The fourth-order valence-corrected chi connectivity index (χ4v) is 4.64. The van der Waals surface area contributed by atoms with Crippen LogP contribution >= 0.6 is 11.6 Å². The zero-order chi connectivity index (χ0) is 21.6. The molecule has 6 nitrogen and oxygen atoms in total. The van der Waals surface area contributed by atoms with E-state index in [0.29, 0.717) is 37.6 Å². The third kappa shape index (κ3) is 5.60. The number of carbonyl (C=O) groups excluding carboxylic acids is 1. The molecule has 1 amide bonds. The van der Waals surface area contributed by atoms with Crippen molar-refractivity contribution in [3.05, 3.63) is 64.7 Å². The van der Waals surface area contributed by atoms with Crippen molar-refractivity contribution < 1.29 is 17.9 Å². The molecule has 0 radical (unpaired) electrons. The highest BCUT2D eigenvalue weighted by Crippen LogP contribution is 2.35. The maximum absolute atomic E-state index is 12.5. The standard InChI is InChI=1S/C22H27ClN2O4S/c1-24-30(27,28)20-8-5-17(6-9-20)7-10-21(26)25-16-22(11-13-29-14-12-22)18-3-2-4-19(23)15-18/h2-6,8-9,15,24H,7,10-14,16H2,1H3,(H,25,26). The van der Waals surface area contributed by atoms with Crippen molar-refractivity contribution in [3.8, 4) is 0 Å². The number of nitrogens with one attached hydrogen (secondary N) is 2. The Bertz CT molecular complexity index is 971. The summed E-state index contributed by atoms with van der Waals surface area (Å²) in [5, 5.41) is 3.77. The van der Waals surface area contributed by atoms with E-state index in [-0.39, 0.29) is 16.2 Å². The number of carbonyl (C=O) groups is 1. The molecule has 2 aromatic carbocycles. The number of hydrogen-bond acceptors (Lipinski definition) is 4. The van der Waals surface area contributed by atoms with Crippen LogP contribution in [-0.2, 0) is 31.4 Å². The lowest BCUT2D eigenvalue weighted by Gasteiger charge is -2.38. The van der Waals surface area contributed by atoms with Gasteiger partial charge in [0.05, 0.1) is 4.90 Å². The highest BCUT2D eigenvalue weighted by Gasteiger charge is 2.35. The first kappa shape index (κ1) is 22.7. The average molecular weight is 451 g/mol. The SMILES string of the molecule is CNS(=O)(=O)c1ccc(CCC(=O)NCC2(c3cccc(Cl)c3)CCOCC2)cc1. The first-order chi connectivity index (χ1) is 14.3. The normalized spacial score (nSPS) is 16.2. The summed E-state index contributed by atoms with van der Waals surface area (Å²) in [6.45, 7) is 1.85. The number of benzene rings is 2. The summed E-state index contributed by atoms with van der Waals surface area (Å²) in [5.41, 5.74) is 1.86. The molecule has 30 heavy (non-hydrogen) atoms. The lowest BCUT2D eigenvalue weighted by molar-refractivity contribution is -0.121. The summed E-state index contributed by atoms with van der Waals surface area (Å²) in [4.78, 5) is 12.7. The fourth-order valence-electron chi connectivity index (χ4n) is 3.72. The summed E-state index contributed by atoms with van der Waals surface area (Å²) in [7, 11) is -2.08. The molecule has 1 heterocycles. The minimum atomic E-state index is -3.45. The van der Waals surface area contributed by atoms with Gasteiger partial charge in [0.1, 0.15) is 0 Å². The van der Waals surface area contributed by atoms with E-state index in [1.54, 1.807) is 24.3 Å². The monoisotopic (exact) mass is 450 g/mol. The van der Waals surface area contributed by atoms with E-state index >= 15 is 0 Å². The number of hydrogen-bond donors (Lipinski definition) is 2. The second-order valence-electron chi connectivity index (χ2n) is 7.53. The maximum Gasteiger partial charge on any atom is 0.240 e. The molecule has 0 spiro atoms. The first-order valence-electron chi connectivity index (χ1n) is 9.98. The molecule has 0 aliphatic carbocycles. The Hall–Kier alpha value is -1.93. The van der Waals surface area contributed by atoms with Gasteiger partial charge in [-0.15, -0.1) is 0 Å². The van der Waals surface area contributed by atoms with Crippen LogP contribution < -0.4 is 10.0 Å². The van der Waals surface area contributed by atoms with Crippen LogP contribution in [0.1, 0.15) is 30.4 Å². The molecule has 0 saturated carbocycles. The van der Waals surface area contributed by atoms with Crippen molar-refractivity contribution in [2.45, 2.75) is 36.0 Å². The van der Waals surface area contributed by atoms with Crippen molar-refractivity contribution in [1.29, 1.82) is 0 Å². The summed E-state index contributed by atoms with van der Waals surface area (Å²) in [5.74, 6) is -0.0326. The van der Waals surface area contributed by atoms with Gasteiger partial charge in [-0.2, -0.15) is 0 Å². The molecule has 8 heteroatoms. The van der Waals surface area contributed by atoms with E-state index in [9.17, 15) is 13.2 Å². The first-order valence-corrected chi connectivity index (χ1v) is 11.8.